The highest BCUT2D eigenvalue weighted by atomic mass is 16.5. The molecular weight excluding hydrogens is 380 g/mol. The molecule has 0 aromatic carbocycles. The number of nitrogens with one attached hydrogen (secondary N) is 1. The van der Waals surface area contributed by atoms with Gasteiger partial charge in [0.2, 0.25) is 0 Å². The van der Waals surface area contributed by atoms with Gasteiger partial charge in [-0.3, -0.25) is 5.32 Å². The molecule has 1 rings (SSSR count). The first-order valence-electron chi connectivity index (χ1n) is 12.7. The summed E-state index contributed by atoms with van der Waals surface area (Å²) >= 11 is 0. The molecule has 0 radical (unpaired) electrons. The van der Waals surface area contributed by atoms with Crippen LogP contribution >= 0.6 is 0 Å². The summed E-state index contributed by atoms with van der Waals surface area (Å²) in [6.45, 7) is 2.70. The summed E-state index contributed by atoms with van der Waals surface area (Å²) in [5.41, 5.74) is 5.92. The molecule has 1 saturated heterocycles. The van der Waals surface area contributed by atoms with Crippen molar-refractivity contribution in [2.24, 2.45) is 5.73 Å². The Labute approximate surface area is 185 Å². The Balaban J connectivity index is 1.85. The lowest BCUT2D eigenvalue weighted by Crippen LogP contribution is -2.65. The summed E-state index contributed by atoms with van der Waals surface area (Å²) < 4.78 is 5.56. The van der Waals surface area contributed by atoms with E-state index in [4.69, 9.17) is 10.5 Å². The van der Waals surface area contributed by atoms with Gasteiger partial charge in [-0.1, -0.05) is 103 Å². The van der Waals surface area contributed by atoms with Crippen molar-refractivity contribution >= 4 is 0 Å². The van der Waals surface area contributed by atoms with Crippen LogP contribution in [0.2, 0.25) is 0 Å². The molecule has 0 aromatic rings. The lowest BCUT2D eigenvalue weighted by atomic mass is 9.97. The number of nitrogens with two attached hydrogens (primary N) is 1. The summed E-state index contributed by atoms with van der Waals surface area (Å²) in [7, 11) is 0. The van der Waals surface area contributed by atoms with Crippen LogP contribution in [0.4, 0.5) is 0 Å². The van der Waals surface area contributed by atoms with E-state index in [-0.39, 0.29) is 6.61 Å². The van der Waals surface area contributed by atoms with Gasteiger partial charge in [0.15, 0.2) is 0 Å². The molecular formula is C24H50N2O4. The summed E-state index contributed by atoms with van der Waals surface area (Å²) in [5, 5.41) is 32.2. The zero-order valence-corrected chi connectivity index (χ0v) is 19.4. The molecule has 5 atom stereocenters. The number of aliphatic hydroxyl groups is 3. The second-order valence-electron chi connectivity index (χ2n) is 9.09. The second-order valence-corrected chi connectivity index (χ2v) is 9.09. The van der Waals surface area contributed by atoms with Crippen LogP contribution in [0, 0.1) is 0 Å². The van der Waals surface area contributed by atoms with Crippen molar-refractivity contribution in [1.82, 2.24) is 5.32 Å². The van der Waals surface area contributed by atoms with Crippen molar-refractivity contribution in [3.05, 3.63) is 0 Å². The Morgan fingerprint density at radius 3 is 1.57 bits per heavy atom. The molecule has 6 heteroatoms. The third kappa shape index (κ3) is 12.0. The fourth-order valence-electron chi connectivity index (χ4n) is 4.24. The Morgan fingerprint density at radius 1 is 0.700 bits per heavy atom. The lowest BCUT2D eigenvalue weighted by molar-refractivity contribution is -0.196. The molecule has 0 saturated carbocycles. The molecule has 0 aromatic heterocycles. The van der Waals surface area contributed by atoms with E-state index < -0.39 is 30.6 Å². The van der Waals surface area contributed by atoms with Crippen LogP contribution in [0.15, 0.2) is 0 Å². The van der Waals surface area contributed by atoms with Crippen LogP contribution in [-0.2, 0) is 4.74 Å². The molecule has 6 nitrogen and oxygen atoms in total. The van der Waals surface area contributed by atoms with Crippen LogP contribution in [0.1, 0.15) is 110 Å². The monoisotopic (exact) mass is 430 g/mol. The van der Waals surface area contributed by atoms with E-state index >= 15 is 0 Å². The number of ether oxygens (including phenoxy) is 1. The number of hydrogen-bond acceptors (Lipinski definition) is 6. The molecule has 1 heterocycles. The zero-order valence-electron chi connectivity index (χ0n) is 19.4. The van der Waals surface area contributed by atoms with Crippen molar-refractivity contribution in [2.75, 3.05) is 13.2 Å². The molecule has 0 unspecified atom stereocenters. The minimum Gasteiger partial charge on any atom is -0.394 e. The van der Waals surface area contributed by atoms with Crippen LogP contribution in [0.5, 0.6) is 0 Å². The summed E-state index contributed by atoms with van der Waals surface area (Å²) in [5.74, 6) is 0. The van der Waals surface area contributed by atoms with E-state index in [1.54, 1.807) is 0 Å². The van der Waals surface area contributed by atoms with Gasteiger partial charge < -0.3 is 25.8 Å². The van der Waals surface area contributed by atoms with Gasteiger partial charge in [0, 0.05) is 0 Å². The predicted octanol–water partition coefficient (Wildman–Crippen LogP) is 3.60. The normalized spacial score (nSPS) is 26.9. The Bertz CT molecular complexity index is 384. The summed E-state index contributed by atoms with van der Waals surface area (Å²) in [6, 6.07) is -0.691. The first-order valence-corrected chi connectivity index (χ1v) is 12.7. The average Bonchev–Trinajstić information content (AvgIpc) is 2.75. The van der Waals surface area contributed by atoms with E-state index in [9.17, 15) is 15.3 Å². The average molecular weight is 431 g/mol. The third-order valence-electron chi connectivity index (χ3n) is 6.35. The summed E-state index contributed by atoms with van der Waals surface area (Å²) in [6.07, 6.45) is 18.0. The molecule has 0 aliphatic carbocycles. The molecule has 0 bridgehead atoms. The van der Waals surface area contributed by atoms with Gasteiger partial charge in [0.1, 0.15) is 24.5 Å². The fraction of sp³-hybridized carbons (Fsp3) is 1.00. The Morgan fingerprint density at radius 2 is 1.13 bits per heavy atom. The van der Waals surface area contributed by atoms with Gasteiger partial charge in [-0.25, -0.2) is 0 Å². The zero-order chi connectivity index (χ0) is 22.0. The number of rotatable bonds is 19. The maximum Gasteiger partial charge on any atom is 0.126 e. The van der Waals surface area contributed by atoms with Gasteiger partial charge in [0.05, 0.1) is 12.6 Å². The Hall–Kier alpha value is -0.240. The maximum atomic E-state index is 9.96. The van der Waals surface area contributed by atoms with Crippen molar-refractivity contribution in [3.8, 4) is 0 Å². The maximum absolute atomic E-state index is 9.96. The molecule has 1 aliphatic heterocycles. The van der Waals surface area contributed by atoms with Crippen molar-refractivity contribution in [3.63, 3.8) is 0 Å². The van der Waals surface area contributed by atoms with E-state index in [1.807, 2.05) is 0 Å². The van der Waals surface area contributed by atoms with Crippen molar-refractivity contribution in [2.45, 2.75) is 140 Å². The quantitative estimate of drug-likeness (QED) is 0.200. The minimum atomic E-state index is -1.14. The molecule has 180 valence electrons. The molecule has 1 aliphatic rings. The number of hydrogen-bond donors (Lipinski definition) is 5. The minimum absolute atomic E-state index is 0.331. The van der Waals surface area contributed by atoms with E-state index in [0.29, 0.717) is 0 Å². The first kappa shape index (κ1) is 27.8. The van der Waals surface area contributed by atoms with E-state index in [2.05, 4.69) is 12.2 Å². The van der Waals surface area contributed by atoms with E-state index in [0.717, 1.165) is 13.0 Å². The SMILES string of the molecule is CCCCCCCCCCCCCCCCCCN[C@@H]1O[C@H](CO)[C@@H](O)[C@H](O)[C@@H]1N. The molecule has 30 heavy (non-hydrogen) atoms. The van der Waals surface area contributed by atoms with Crippen LogP contribution in [-0.4, -0.2) is 59.1 Å². The van der Waals surface area contributed by atoms with Crippen LogP contribution < -0.4 is 11.1 Å². The van der Waals surface area contributed by atoms with Gasteiger partial charge >= 0.3 is 0 Å². The van der Waals surface area contributed by atoms with Gasteiger partial charge in [-0.2, -0.15) is 0 Å². The van der Waals surface area contributed by atoms with Crippen molar-refractivity contribution in [1.29, 1.82) is 0 Å². The molecule has 6 N–H and O–H groups in total. The molecule has 0 amide bonds. The van der Waals surface area contributed by atoms with Gasteiger partial charge in [-0.15, -0.1) is 0 Å². The summed E-state index contributed by atoms with van der Waals surface area (Å²) in [4.78, 5) is 0. The first-order chi connectivity index (χ1) is 14.6. The van der Waals surface area contributed by atoms with Gasteiger partial charge in [-0.05, 0) is 13.0 Å². The van der Waals surface area contributed by atoms with Crippen LogP contribution in [0.3, 0.4) is 0 Å². The van der Waals surface area contributed by atoms with Crippen LogP contribution in [0.25, 0.3) is 0 Å². The number of aliphatic hydroxyl groups excluding tert-OH is 3. The topological polar surface area (TPSA) is 108 Å². The van der Waals surface area contributed by atoms with Crippen molar-refractivity contribution < 1.29 is 20.1 Å². The fourth-order valence-corrected chi connectivity index (χ4v) is 4.24. The highest BCUT2D eigenvalue weighted by molar-refractivity contribution is 4.93. The van der Waals surface area contributed by atoms with Gasteiger partial charge in [0.25, 0.3) is 0 Å². The molecule has 1 fully saturated rings. The second kappa shape index (κ2) is 18.3. The highest BCUT2D eigenvalue weighted by Crippen LogP contribution is 2.18. The standard InChI is InChI=1S/C24H50N2O4/c1-2-3-4-5-6-7-8-9-10-11-12-13-14-15-16-17-18-26-24-21(25)23(29)22(28)20(19-27)30-24/h20-24,26-29H,2-19,25H2,1H3/t20-,21+,22-,23-,24-/m1/s1. The Kier molecular flexibility index (Phi) is 17.0. The number of unbranched alkanes of at least 4 members (excludes halogenated alkanes) is 15. The molecule has 0 spiro atoms. The highest BCUT2D eigenvalue weighted by Gasteiger charge is 2.41. The smallest absolute Gasteiger partial charge is 0.126 e. The predicted molar refractivity (Wildman–Crippen MR) is 123 cm³/mol. The largest absolute Gasteiger partial charge is 0.394 e. The van der Waals surface area contributed by atoms with E-state index in [1.165, 1.54) is 96.3 Å². The lowest BCUT2D eigenvalue weighted by Gasteiger charge is -2.41. The third-order valence-corrected chi connectivity index (χ3v) is 6.35.